The van der Waals surface area contributed by atoms with Crippen molar-refractivity contribution in [2.45, 2.75) is 41.5 Å². The third kappa shape index (κ3) is 1.75. The number of fused-ring (bicyclic) bond motifs is 1. The predicted octanol–water partition coefficient (Wildman–Crippen LogP) is 4.44. The van der Waals surface area contributed by atoms with E-state index in [2.05, 4.69) is 51.4 Å². The Labute approximate surface area is 99.1 Å². The van der Waals surface area contributed by atoms with E-state index in [9.17, 15) is 0 Å². The molecule has 0 saturated heterocycles. The van der Waals surface area contributed by atoms with Gasteiger partial charge in [0.2, 0.25) is 0 Å². The molecule has 16 heavy (non-hydrogen) atoms. The van der Waals surface area contributed by atoms with Gasteiger partial charge in [0.05, 0.1) is 5.52 Å². The van der Waals surface area contributed by atoms with E-state index in [0.717, 1.165) is 0 Å². The van der Waals surface area contributed by atoms with Crippen LogP contribution in [0.5, 0.6) is 0 Å². The largest absolute Gasteiger partial charge is 0.347 e. The van der Waals surface area contributed by atoms with E-state index in [-0.39, 0.29) is 0 Å². The van der Waals surface area contributed by atoms with E-state index in [1.54, 1.807) is 0 Å². The molecule has 88 valence electrons. The number of hydrogen-bond donors (Lipinski definition) is 0. The van der Waals surface area contributed by atoms with Gasteiger partial charge in [-0.3, -0.25) is 0 Å². The van der Waals surface area contributed by atoms with Crippen LogP contribution in [-0.2, 0) is 7.05 Å². The van der Waals surface area contributed by atoms with E-state index in [1.165, 1.54) is 33.3 Å². The predicted molar refractivity (Wildman–Crippen MR) is 73.2 cm³/mol. The highest BCUT2D eigenvalue weighted by molar-refractivity contribution is 5.90. The van der Waals surface area contributed by atoms with Crippen molar-refractivity contribution in [1.29, 1.82) is 0 Å². The van der Waals surface area contributed by atoms with Gasteiger partial charge in [0.15, 0.2) is 0 Å². The lowest BCUT2D eigenvalue weighted by molar-refractivity contribution is 0.907. The first-order chi connectivity index (χ1) is 7.54. The average molecular weight is 217 g/mol. The Balaban J connectivity index is 0.000000606. The summed E-state index contributed by atoms with van der Waals surface area (Å²) in [5.41, 5.74) is 6.93. The minimum Gasteiger partial charge on any atom is -0.347 e. The van der Waals surface area contributed by atoms with Gasteiger partial charge in [-0.2, -0.15) is 0 Å². The highest BCUT2D eigenvalue weighted by Gasteiger charge is 2.11. The SMILES string of the molecule is CC.Cc1ccc(C)c2c1c(C)c(C)n2C. The van der Waals surface area contributed by atoms with Crippen molar-refractivity contribution in [3.8, 4) is 0 Å². The summed E-state index contributed by atoms with van der Waals surface area (Å²) in [7, 11) is 2.15. The topological polar surface area (TPSA) is 4.93 Å². The molecule has 1 heteroatoms. The zero-order chi connectivity index (χ0) is 12.5. The molecule has 0 atom stereocenters. The van der Waals surface area contributed by atoms with Crippen LogP contribution in [0.3, 0.4) is 0 Å². The smallest absolute Gasteiger partial charge is 0.0514 e. The van der Waals surface area contributed by atoms with Crippen LogP contribution in [-0.4, -0.2) is 4.57 Å². The van der Waals surface area contributed by atoms with Crippen molar-refractivity contribution in [2.75, 3.05) is 0 Å². The van der Waals surface area contributed by atoms with Crippen molar-refractivity contribution in [2.24, 2.45) is 7.05 Å². The minimum atomic E-state index is 1.37. The second-order valence-corrected chi connectivity index (χ2v) is 4.19. The average Bonchev–Trinajstić information content (AvgIpc) is 2.52. The van der Waals surface area contributed by atoms with Crippen LogP contribution in [0.4, 0.5) is 0 Å². The van der Waals surface area contributed by atoms with E-state index in [0.29, 0.717) is 0 Å². The molecule has 0 radical (unpaired) electrons. The second-order valence-electron chi connectivity index (χ2n) is 4.19. The first-order valence-corrected chi connectivity index (χ1v) is 6.06. The molecule has 1 aromatic carbocycles. The summed E-state index contributed by atoms with van der Waals surface area (Å²) in [6.45, 7) is 12.8. The molecule has 0 aliphatic rings. The van der Waals surface area contributed by atoms with Gasteiger partial charge in [-0.1, -0.05) is 26.0 Å². The fraction of sp³-hybridized carbons (Fsp3) is 0.467. The Hall–Kier alpha value is -1.24. The number of rotatable bonds is 0. The number of benzene rings is 1. The van der Waals surface area contributed by atoms with Crippen LogP contribution in [0, 0.1) is 27.7 Å². The Kier molecular flexibility index (Phi) is 3.79. The van der Waals surface area contributed by atoms with Crippen LogP contribution in [0.1, 0.15) is 36.2 Å². The number of aromatic nitrogens is 1. The summed E-state index contributed by atoms with van der Waals surface area (Å²) in [6, 6.07) is 4.42. The van der Waals surface area contributed by atoms with Crippen molar-refractivity contribution >= 4 is 10.9 Å². The summed E-state index contributed by atoms with van der Waals surface area (Å²) in [4.78, 5) is 0. The van der Waals surface area contributed by atoms with Crippen molar-refractivity contribution in [3.05, 3.63) is 34.5 Å². The molecule has 0 spiro atoms. The molecule has 0 aliphatic heterocycles. The van der Waals surface area contributed by atoms with Crippen molar-refractivity contribution in [3.63, 3.8) is 0 Å². The molecule has 0 bridgehead atoms. The van der Waals surface area contributed by atoms with E-state index in [4.69, 9.17) is 0 Å². The highest BCUT2D eigenvalue weighted by Crippen LogP contribution is 2.29. The van der Waals surface area contributed by atoms with Gasteiger partial charge >= 0.3 is 0 Å². The fourth-order valence-corrected chi connectivity index (χ4v) is 2.30. The molecule has 2 rings (SSSR count). The zero-order valence-electron chi connectivity index (χ0n) is 11.6. The molecular formula is C15H23N. The Morgan fingerprint density at radius 3 is 1.88 bits per heavy atom. The molecule has 0 unspecified atom stereocenters. The Morgan fingerprint density at radius 1 is 0.875 bits per heavy atom. The monoisotopic (exact) mass is 217 g/mol. The highest BCUT2D eigenvalue weighted by atomic mass is 14.9. The van der Waals surface area contributed by atoms with Crippen LogP contribution in [0.2, 0.25) is 0 Å². The zero-order valence-corrected chi connectivity index (χ0v) is 11.6. The number of aryl methyl sites for hydroxylation is 4. The number of nitrogens with zero attached hydrogens (tertiary/aromatic N) is 1. The molecule has 0 aliphatic carbocycles. The third-order valence-corrected chi connectivity index (χ3v) is 3.34. The van der Waals surface area contributed by atoms with Crippen LogP contribution >= 0.6 is 0 Å². The molecule has 0 N–H and O–H groups in total. The summed E-state index contributed by atoms with van der Waals surface area (Å²) in [5.74, 6) is 0. The van der Waals surface area contributed by atoms with Crippen LogP contribution < -0.4 is 0 Å². The molecule has 1 heterocycles. The minimum absolute atomic E-state index is 1.37. The quantitative estimate of drug-likeness (QED) is 0.615. The van der Waals surface area contributed by atoms with Crippen molar-refractivity contribution < 1.29 is 0 Å². The Morgan fingerprint density at radius 2 is 1.38 bits per heavy atom. The van der Waals surface area contributed by atoms with E-state index in [1.807, 2.05) is 13.8 Å². The molecule has 2 aromatic rings. The molecule has 1 nitrogen and oxygen atoms in total. The third-order valence-electron chi connectivity index (χ3n) is 3.34. The van der Waals surface area contributed by atoms with Gasteiger partial charge in [-0.05, 0) is 44.4 Å². The van der Waals surface area contributed by atoms with Crippen LogP contribution in [0.15, 0.2) is 12.1 Å². The molecular weight excluding hydrogens is 194 g/mol. The normalized spacial score (nSPS) is 10.2. The summed E-state index contributed by atoms with van der Waals surface area (Å²) in [6.07, 6.45) is 0. The van der Waals surface area contributed by atoms with Gasteiger partial charge in [0.25, 0.3) is 0 Å². The molecule has 1 aromatic heterocycles. The summed E-state index contributed by atoms with van der Waals surface area (Å²) < 4.78 is 2.30. The molecule has 0 saturated carbocycles. The van der Waals surface area contributed by atoms with Gasteiger partial charge in [-0.15, -0.1) is 0 Å². The lowest BCUT2D eigenvalue weighted by atomic mass is 10.0. The van der Waals surface area contributed by atoms with Gasteiger partial charge in [0, 0.05) is 18.1 Å². The lowest BCUT2D eigenvalue weighted by Crippen LogP contribution is -1.92. The fourth-order valence-electron chi connectivity index (χ4n) is 2.30. The molecule has 0 fully saturated rings. The van der Waals surface area contributed by atoms with Gasteiger partial charge < -0.3 is 4.57 Å². The van der Waals surface area contributed by atoms with Crippen molar-refractivity contribution in [1.82, 2.24) is 4.57 Å². The standard InChI is InChI=1S/C13H17N.C2H6/c1-8-6-7-9(2)13-12(8)10(3)11(4)14(13)5;1-2/h6-7H,1-5H3;1-2H3. The lowest BCUT2D eigenvalue weighted by Gasteiger charge is -2.03. The van der Waals surface area contributed by atoms with Crippen LogP contribution in [0.25, 0.3) is 10.9 Å². The maximum Gasteiger partial charge on any atom is 0.0514 e. The van der Waals surface area contributed by atoms with E-state index < -0.39 is 0 Å². The first kappa shape index (κ1) is 12.8. The first-order valence-electron chi connectivity index (χ1n) is 6.06. The second kappa shape index (κ2) is 4.73. The number of hydrogen-bond acceptors (Lipinski definition) is 0. The summed E-state index contributed by atoms with van der Waals surface area (Å²) >= 11 is 0. The molecule has 0 amide bonds. The Bertz CT molecular complexity index is 459. The van der Waals surface area contributed by atoms with Gasteiger partial charge in [0.1, 0.15) is 0 Å². The van der Waals surface area contributed by atoms with Gasteiger partial charge in [-0.25, -0.2) is 0 Å². The maximum absolute atomic E-state index is 2.30. The maximum atomic E-state index is 2.30. The summed E-state index contributed by atoms with van der Waals surface area (Å²) in [5, 5.41) is 1.44. The van der Waals surface area contributed by atoms with E-state index >= 15 is 0 Å².